The molecule has 36 heavy (non-hydrogen) atoms. The van der Waals surface area contributed by atoms with Crippen LogP contribution in [-0.2, 0) is 11.3 Å². The van der Waals surface area contributed by atoms with E-state index in [9.17, 15) is 19.2 Å². The van der Waals surface area contributed by atoms with Gasteiger partial charge in [-0.2, -0.15) is 5.26 Å². The number of nitrogens with one attached hydrogen (secondary N) is 1. The fourth-order valence-corrected chi connectivity index (χ4v) is 4.97. The third kappa shape index (κ3) is 4.44. The minimum atomic E-state index is -0.956. The minimum absolute atomic E-state index is 0.112. The fourth-order valence-electron chi connectivity index (χ4n) is 4.97. The molecule has 0 spiro atoms. The summed E-state index contributed by atoms with van der Waals surface area (Å²) in [5.74, 6) is -0.890. The predicted molar refractivity (Wildman–Crippen MR) is 132 cm³/mol. The summed E-state index contributed by atoms with van der Waals surface area (Å²) in [6, 6.07) is 14.0. The number of pyridine rings is 2. The topological polar surface area (TPSA) is 99.0 Å². The van der Waals surface area contributed by atoms with Crippen molar-refractivity contribution in [3.63, 3.8) is 0 Å². The number of aromatic nitrogens is 2. The molecular weight excluding hydrogens is 457 g/mol. The number of carbonyl (C=O) groups excluding carboxylic acids is 2. The number of nitrogens with zero attached hydrogens (tertiary/aromatic N) is 4. The maximum absolute atomic E-state index is 14.3. The van der Waals surface area contributed by atoms with E-state index in [1.165, 1.54) is 12.1 Å². The first kappa shape index (κ1) is 23.6. The lowest BCUT2D eigenvalue weighted by Gasteiger charge is -2.21. The monoisotopic (exact) mass is 483 g/mol. The number of halogens is 1. The van der Waals surface area contributed by atoms with E-state index >= 15 is 0 Å². The first-order valence-electron chi connectivity index (χ1n) is 12.0. The summed E-state index contributed by atoms with van der Waals surface area (Å²) in [6.45, 7) is 4.18. The number of carbonyl (C=O) groups is 2. The predicted octanol–water partition coefficient (Wildman–Crippen LogP) is 4.49. The summed E-state index contributed by atoms with van der Waals surface area (Å²) in [4.78, 5) is 36.3. The molecule has 2 amide bonds. The van der Waals surface area contributed by atoms with Crippen LogP contribution < -0.4 is 10.2 Å². The normalized spacial score (nSPS) is 19.3. The first-order valence-corrected chi connectivity index (χ1v) is 12.0. The first-order chi connectivity index (χ1) is 17.3. The molecule has 0 radical (unpaired) electrons. The van der Waals surface area contributed by atoms with Crippen molar-refractivity contribution >= 4 is 17.5 Å². The van der Waals surface area contributed by atoms with E-state index in [-0.39, 0.29) is 24.1 Å². The summed E-state index contributed by atoms with van der Waals surface area (Å²) in [7, 11) is 0. The van der Waals surface area contributed by atoms with E-state index in [2.05, 4.69) is 21.4 Å². The Kier molecular flexibility index (Phi) is 6.00. The van der Waals surface area contributed by atoms with Gasteiger partial charge in [-0.25, -0.2) is 9.37 Å². The van der Waals surface area contributed by atoms with Gasteiger partial charge in [-0.15, -0.1) is 0 Å². The Balaban J connectivity index is 1.33. The van der Waals surface area contributed by atoms with Gasteiger partial charge in [0.1, 0.15) is 16.9 Å². The van der Waals surface area contributed by atoms with Gasteiger partial charge in [-0.3, -0.25) is 14.6 Å². The van der Waals surface area contributed by atoms with Crippen molar-refractivity contribution in [1.82, 2.24) is 15.3 Å². The smallest absolute Gasteiger partial charge is 0.270 e. The molecule has 1 aromatic carbocycles. The second kappa shape index (κ2) is 9.15. The number of nitriles is 1. The van der Waals surface area contributed by atoms with E-state index in [4.69, 9.17) is 0 Å². The SMILES string of the molecule is Cc1cc(-c2cc(F)cc(CNC(=O)c3cc(N4CC[C@@](C#N)(C5CC5)C4=O)cc(C)n3)c2)ccn1. The highest BCUT2D eigenvalue weighted by molar-refractivity contribution is 6.03. The molecular formula is C28H26FN5O2. The summed E-state index contributed by atoms with van der Waals surface area (Å²) in [5, 5.41) is 12.6. The molecule has 182 valence electrons. The molecule has 1 aliphatic heterocycles. The van der Waals surface area contributed by atoms with Crippen molar-refractivity contribution in [2.24, 2.45) is 11.3 Å². The maximum Gasteiger partial charge on any atom is 0.270 e. The van der Waals surface area contributed by atoms with Crippen LogP contribution in [0.5, 0.6) is 0 Å². The fraction of sp³-hybridized carbons (Fsp3) is 0.321. The van der Waals surface area contributed by atoms with Crippen LogP contribution in [0, 0.1) is 42.3 Å². The summed E-state index contributed by atoms with van der Waals surface area (Å²) in [5.41, 5.74) is 3.35. The van der Waals surface area contributed by atoms with Gasteiger partial charge in [0.15, 0.2) is 0 Å². The Labute approximate surface area is 209 Å². The molecule has 1 N–H and O–H groups in total. The third-order valence-electron chi connectivity index (χ3n) is 6.95. The minimum Gasteiger partial charge on any atom is -0.347 e. The summed E-state index contributed by atoms with van der Waals surface area (Å²) < 4.78 is 14.3. The van der Waals surface area contributed by atoms with Gasteiger partial charge in [-0.1, -0.05) is 0 Å². The van der Waals surface area contributed by atoms with Crippen LogP contribution in [0.4, 0.5) is 10.1 Å². The Hall–Kier alpha value is -4.12. The van der Waals surface area contributed by atoms with Crippen molar-refractivity contribution < 1.29 is 14.0 Å². The lowest BCUT2D eigenvalue weighted by Crippen LogP contribution is -2.35. The zero-order valence-corrected chi connectivity index (χ0v) is 20.2. The largest absolute Gasteiger partial charge is 0.347 e. The Bertz CT molecular complexity index is 1410. The number of benzene rings is 1. The van der Waals surface area contributed by atoms with Crippen LogP contribution in [0.3, 0.4) is 0 Å². The van der Waals surface area contributed by atoms with Crippen molar-refractivity contribution in [2.75, 3.05) is 11.4 Å². The highest BCUT2D eigenvalue weighted by atomic mass is 19.1. The van der Waals surface area contributed by atoms with Crippen LogP contribution in [0.2, 0.25) is 0 Å². The van der Waals surface area contributed by atoms with Crippen LogP contribution in [0.25, 0.3) is 11.1 Å². The molecule has 3 aromatic rings. The molecule has 2 aromatic heterocycles. The van der Waals surface area contributed by atoms with Gasteiger partial charge in [0.2, 0.25) is 5.91 Å². The van der Waals surface area contributed by atoms with Crippen LogP contribution in [0.1, 0.15) is 46.7 Å². The van der Waals surface area contributed by atoms with Crippen LogP contribution >= 0.6 is 0 Å². The molecule has 0 bridgehead atoms. The highest BCUT2D eigenvalue weighted by Crippen LogP contribution is 2.51. The summed E-state index contributed by atoms with van der Waals surface area (Å²) in [6.07, 6.45) is 3.97. The Morgan fingerprint density at radius 2 is 1.97 bits per heavy atom. The van der Waals surface area contributed by atoms with E-state index in [0.29, 0.717) is 35.5 Å². The van der Waals surface area contributed by atoms with E-state index < -0.39 is 17.1 Å². The zero-order chi connectivity index (χ0) is 25.4. The quantitative estimate of drug-likeness (QED) is 0.557. The van der Waals surface area contributed by atoms with Crippen molar-refractivity contribution in [1.29, 1.82) is 5.26 Å². The highest BCUT2D eigenvalue weighted by Gasteiger charge is 2.56. The maximum atomic E-state index is 14.3. The lowest BCUT2D eigenvalue weighted by atomic mass is 9.83. The van der Waals surface area contributed by atoms with E-state index in [1.807, 2.05) is 25.1 Å². The molecule has 8 heteroatoms. The average Bonchev–Trinajstić information content (AvgIpc) is 3.65. The van der Waals surface area contributed by atoms with Gasteiger partial charge < -0.3 is 10.2 Å². The van der Waals surface area contributed by atoms with Gasteiger partial charge in [0, 0.05) is 36.4 Å². The molecule has 1 saturated carbocycles. The van der Waals surface area contributed by atoms with E-state index in [1.54, 1.807) is 30.2 Å². The molecule has 1 aliphatic carbocycles. The number of rotatable bonds is 6. The lowest BCUT2D eigenvalue weighted by molar-refractivity contribution is -0.123. The molecule has 0 unspecified atom stereocenters. The molecule has 1 atom stereocenters. The molecule has 2 aliphatic rings. The second-order valence-corrected chi connectivity index (χ2v) is 9.63. The van der Waals surface area contributed by atoms with Crippen molar-refractivity contribution in [3.8, 4) is 17.2 Å². The number of anilines is 1. The molecule has 2 fully saturated rings. The average molecular weight is 484 g/mol. The van der Waals surface area contributed by atoms with Crippen LogP contribution in [-0.4, -0.2) is 28.3 Å². The van der Waals surface area contributed by atoms with Crippen molar-refractivity contribution in [3.05, 3.63) is 77.1 Å². The number of hydrogen-bond acceptors (Lipinski definition) is 5. The molecule has 1 saturated heterocycles. The number of amides is 2. The molecule has 3 heterocycles. The number of aryl methyl sites for hydroxylation is 2. The van der Waals surface area contributed by atoms with Gasteiger partial charge >= 0.3 is 0 Å². The molecule has 5 rings (SSSR count). The van der Waals surface area contributed by atoms with Gasteiger partial charge in [0.05, 0.1) is 6.07 Å². The van der Waals surface area contributed by atoms with Gasteiger partial charge in [-0.05, 0) is 98.2 Å². The molecule has 7 nitrogen and oxygen atoms in total. The van der Waals surface area contributed by atoms with E-state index in [0.717, 1.165) is 24.1 Å². The van der Waals surface area contributed by atoms with Crippen molar-refractivity contribution in [2.45, 2.75) is 39.7 Å². The Morgan fingerprint density at radius 3 is 2.69 bits per heavy atom. The standard InChI is InChI=1S/C28H26FN5O2/c1-17-9-20(5-7-31-17)21-11-19(12-23(29)13-21)15-32-26(35)25-14-24(10-18(2)33-25)34-8-6-28(16-30,27(34)36)22-3-4-22/h5,7,9-14,22H,3-4,6,8,15H2,1-2H3,(H,32,35)/t28-/m1/s1. The summed E-state index contributed by atoms with van der Waals surface area (Å²) >= 11 is 0. The second-order valence-electron chi connectivity index (χ2n) is 9.63. The number of hydrogen-bond donors (Lipinski definition) is 1. The third-order valence-corrected chi connectivity index (χ3v) is 6.95. The zero-order valence-electron chi connectivity index (χ0n) is 20.2. The Morgan fingerprint density at radius 1 is 1.17 bits per heavy atom. The van der Waals surface area contributed by atoms with Crippen LogP contribution in [0.15, 0.2) is 48.7 Å². The van der Waals surface area contributed by atoms with Gasteiger partial charge in [0.25, 0.3) is 5.91 Å².